The van der Waals surface area contributed by atoms with Crippen LogP contribution in [-0.2, 0) is 6.42 Å². The summed E-state index contributed by atoms with van der Waals surface area (Å²) in [6.07, 6.45) is 2.29. The molecule has 0 aliphatic rings. The highest BCUT2D eigenvalue weighted by Gasteiger charge is 1.97. The summed E-state index contributed by atoms with van der Waals surface area (Å²) in [5, 5.41) is 3.45. The second kappa shape index (κ2) is 7.55. The van der Waals surface area contributed by atoms with Gasteiger partial charge in [0, 0.05) is 6.54 Å². The van der Waals surface area contributed by atoms with Gasteiger partial charge in [-0.15, -0.1) is 0 Å². The fourth-order valence-electron chi connectivity index (χ4n) is 2.08. The van der Waals surface area contributed by atoms with Crippen molar-refractivity contribution in [2.75, 3.05) is 13.1 Å². The quantitative estimate of drug-likeness (QED) is 0.735. The van der Waals surface area contributed by atoms with Crippen LogP contribution in [0.3, 0.4) is 0 Å². The molecule has 0 amide bonds. The lowest BCUT2D eigenvalue weighted by atomic mass is 10.1. The maximum absolute atomic E-state index is 4.12. The van der Waals surface area contributed by atoms with Gasteiger partial charge in [-0.05, 0) is 36.1 Å². The first-order chi connectivity index (χ1) is 9.36. The molecular formula is C18H21N. The van der Waals surface area contributed by atoms with E-state index in [1.165, 1.54) is 11.1 Å². The average Bonchev–Trinajstić information content (AvgIpc) is 2.49. The molecule has 0 fully saturated rings. The molecule has 1 nitrogen and oxygen atoms in total. The Balaban J connectivity index is 1.63. The molecule has 2 aromatic rings. The number of aryl methyl sites for hydroxylation is 1. The monoisotopic (exact) mass is 251 g/mol. The van der Waals surface area contributed by atoms with Crippen LogP contribution in [-0.4, -0.2) is 13.1 Å². The van der Waals surface area contributed by atoms with Gasteiger partial charge in [-0.2, -0.15) is 0 Å². The van der Waals surface area contributed by atoms with E-state index in [0.29, 0.717) is 0 Å². The molecule has 0 saturated heterocycles. The second-order valence-corrected chi connectivity index (χ2v) is 4.74. The minimum Gasteiger partial charge on any atom is -0.313 e. The minimum atomic E-state index is 0.860. The van der Waals surface area contributed by atoms with Gasteiger partial charge in [0.25, 0.3) is 0 Å². The van der Waals surface area contributed by atoms with E-state index in [9.17, 15) is 0 Å². The van der Waals surface area contributed by atoms with Crippen molar-refractivity contribution in [1.82, 2.24) is 5.32 Å². The number of hydrogen-bond donors (Lipinski definition) is 1. The topological polar surface area (TPSA) is 12.0 Å². The number of hydrogen-bond acceptors (Lipinski definition) is 1. The number of benzene rings is 2. The van der Waals surface area contributed by atoms with Crippen molar-refractivity contribution in [1.29, 1.82) is 0 Å². The van der Waals surface area contributed by atoms with Gasteiger partial charge in [-0.1, -0.05) is 67.2 Å². The Bertz CT molecular complexity index is 488. The van der Waals surface area contributed by atoms with Crippen LogP contribution < -0.4 is 5.32 Å². The first-order valence-corrected chi connectivity index (χ1v) is 6.84. The zero-order valence-corrected chi connectivity index (χ0v) is 11.3. The molecule has 0 unspecified atom stereocenters. The average molecular weight is 251 g/mol. The Hall–Kier alpha value is -1.86. The van der Waals surface area contributed by atoms with Gasteiger partial charge in [0.2, 0.25) is 0 Å². The molecule has 19 heavy (non-hydrogen) atoms. The molecule has 0 bridgehead atoms. The van der Waals surface area contributed by atoms with Gasteiger partial charge < -0.3 is 5.32 Å². The van der Waals surface area contributed by atoms with E-state index in [1.54, 1.807) is 0 Å². The summed E-state index contributed by atoms with van der Waals surface area (Å²) in [7, 11) is 0. The van der Waals surface area contributed by atoms with Gasteiger partial charge in [0.15, 0.2) is 0 Å². The van der Waals surface area contributed by atoms with E-state index in [4.69, 9.17) is 0 Å². The SMILES string of the molecule is C=C(CNCCCc1ccccc1)c1ccccc1. The highest BCUT2D eigenvalue weighted by molar-refractivity contribution is 5.64. The van der Waals surface area contributed by atoms with Crippen molar-refractivity contribution >= 4 is 5.57 Å². The summed E-state index contributed by atoms with van der Waals surface area (Å²) in [6, 6.07) is 21.0. The molecule has 1 N–H and O–H groups in total. The van der Waals surface area contributed by atoms with Gasteiger partial charge >= 0.3 is 0 Å². The predicted octanol–water partition coefficient (Wildman–Crippen LogP) is 3.92. The van der Waals surface area contributed by atoms with E-state index in [-0.39, 0.29) is 0 Å². The Morgan fingerprint density at radius 2 is 1.53 bits per heavy atom. The van der Waals surface area contributed by atoms with Crippen LogP contribution in [0.15, 0.2) is 67.2 Å². The van der Waals surface area contributed by atoms with Crippen molar-refractivity contribution in [2.24, 2.45) is 0 Å². The van der Waals surface area contributed by atoms with Crippen molar-refractivity contribution in [3.8, 4) is 0 Å². The maximum atomic E-state index is 4.12. The van der Waals surface area contributed by atoms with E-state index in [1.807, 2.05) is 6.07 Å². The fourth-order valence-corrected chi connectivity index (χ4v) is 2.08. The number of nitrogens with one attached hydrogen (secondary N) is 1. The lowest BCUT2D eigenvalue weighted by Crippen LogP contribution is -2.18. The van der Waals surface area contributed by atoms with Crippen molar-refractivity contribution in [3.63, 3.8) is 0 Å². The summed E-state index contributed by atoms with van der Waals surface area (Å²) >= 11 is 0. The van der Waals surface area contributed by atoms with Crippen LogP contribution in [0.4, 0.5) is 0 Å². The Morgan fingerprint density at radius 1 is 0.895 bits per heavy atom. The van der Waals surface area contributed by atoms with Crippen molar-refractivity contribution in [2.45, 2.75) is 12.8 Å². The standard InChI is InChI=1S/C18H21N/c1-16(18-12-6-3-7-13-18)15-19-14-8-11-17-9-4-2-5-10-17/h2-7,9-10,12-13,19H,1,8,11,14-15H2. The van der Waals surface area contributed by atoms with Gasteiger partial charge in [0.1, 0.15) is 0 Å². The van der Waals surface area contributed by atoms with Crippen LogP contribution in [0.2, 0.25) is 0 Å². The zero-order chi connectivity index (χ0) is 13.3. The molecule has 0 atom stereocenters. The second-order valence-electron chi connectivity index (χ2n) is 4.74. The molecule has 0 radical (unpaired) electrons. The molecule has 0 aliphatic carbocycles. The lowest BCUT2D eigenvalue weighted by Gasteiger charge is -2.08. The summed E-state index contributed by atoms with van der Waals surface area (Å²) in [4.78, 5) is 0. The molecule has 0 saturated carbocycles. The normalized spacial score (nSPS) is 10.3. The van der Waals surface area contributed by atoms with Crippen LogP contribution in [0, 0.1) is 0 Å². The summed E-state index contributed by atoms with van der Waals surface area (Å²) < 4.78 is 0. The third-order valence-electron chi connectivity index (χ3n) is 3.18. The van der Waals surface area contributed by atoms with Gasteiger partial charge in [-0.3, -0.25) is 0 Å². The summed E-state index contributed by atoms with van der Waals surface area (Å²) in [5.41, 5.74) is 3.78. The third kappa shape index (κ3) is 4.72. The molecule has 98 valence electrons. The molecular weight excluding hydrogens is 230 g/mol. The Kier molecular flexibility index (Phi) is 5.39. The highest BCUT2D eigenvalue weighted by atomic mass is 14.8. The van der Waals surface area contributed by atoms with Gasteiger partial charge in [-0.25, -0.2) is 0 Å². The van der Waals surface area contributed by atoms with Crippen molar-refractivity contribution < 1.29 is 0 Å². The minimum absolute atomic E-state index is 0.860. The van der Waals surface area contributed by atoms with E-state index >= 15 is 0 Å². The molecule has 0 aliphatic heterocycles. The Morgan fingerprint density at radius 3 is 2.21 bits per heavy atom. The smallest absolute Gasteiger partial charge is 0.0205 e. The molecule has 1 heteroatoms. The first kappa shape index (κ1) is 13.6. The predicted molar refractivity (Wildman–Crippen MR) is 83.1 cm³/mol. The summed E-state index contributed by atoms with van der Waals surface area (Å²) in [6.45, 7) is 6.01. The van der Waals surface area contributed by atoms with E-state index in [0.717, 1.165) is 31.5 Å². The largest absolute Gasteiger partial charge is 0.313 e. The third-order valence-corrected chi connectivity index (χ3v) is 3.18. The van der Waals surface area contributed by atoms with Crippen LogP contribution in [0.5, 0.6) is 0 Å². The molecule has 2 aromatic carbocycles. The number of rotatable bonds is 7. The maximum Gasteiger partial charge on any atom is 0.0205 e. The zero-order valence-electron chi connectivity index (χ0n) is 11.3. The fraction of sp³-hybridized carbons (Fsp3) is 0.222. The Labute approximate surface area is 116 Å². The first-order valence-electron chi connectivity index (χ1n) is 6.84. The van der Waals surface area contributed by atoms with Crippen LogP contribution in [0.1, 0.15) is 17.5 Å². The van der Waals surface area contributed by atoms with E-state index in [2.05, 4.69) is 66.5 Å². The molecule has 0 aromatic heterocycles. The van der Waals surface area contributed by atoms with Crippen LogP contribution >= 0.6 is 0 Å². The van der Waals surface area contributed by atoms with E-state index < -0.39 is 0 Å². The van der Waals surface area contributed by atoms with Crippen molar-refractivity contribution in [3.05, 3.63) is 78.4 Å². The van der Waals surface area contributed by atoms with Gasteiger partial charge in [0.05, 0.1) is 0 Å². The summed E-state index contributed by atoms with van der Waals surface area (Å²) in [5.74, 6) is 0. The highest BCUT2D eigenvalue weighted by Crippen LogP contribution is 2.10. The molecule has 0 spiro atoms. The van der Waals surface area contributed by atoms with Crippen LogP contribution in [0.25, 0.3) is 5.57 Å². The molecule has 0 heterocycles. The lowest BCUT2D eigenvalue weighted by molar-refractivity contribution is 0.697. The molecule has 2 rings (SSSR count).